The molecule has 3 rings (SSSR count). The molecule has 3 nitrogen and oxygen atoms in total. The van der Waals surface area contributed by atoms with E-state index < -0.39 is 0 Å². The van der Waals surface area contributed by atoms with Gasteiger partial charge in [0.05, 0.1) is 16.6 Å². The van der Waals surface area contributed by atoms with Crippen molar-refractivity contribution in [2.45, 2.75) is 18.9 Å². The second-order valence-corrected chi connectivity index (χ2v) is 4.49. The molecule has 0 bridgehead atoms. The number of H-pyrrole nitrogens is 1. The van der Waals surface area contributed by atoms with Crippen molar-refractivity contribution in [1.29, 1.82) is 0 Å². The van der Waals surface area contributed by atoms with Crippen molar-refractivity contribution in [3.8, 4) is 0 Å². The van der Waals surface area contributed by atoms with Crippen LogP contribution in [0.25, 0.3) is 11.0 Å². The van der Waals surface area contributed by atoms with E-state index >= 15 is 0 Å². The Morgan fingerprint density at radius 2 is 2.12 bits per heavy atom. The minimum Gasteiger partial charge on any atom is -0.340 e. The van der Waals surface area contributed by atoms with Gasteiger partial charge in [-0.2, -0.15) is 0 Å². The van der Waals surface area contributed by atoms with Crippen LogP contribution in [-0.2, 0) is 5.54 Å². The number of imidazole rings is 1. The Hall–Kier alpha value is -1.61. The summed E-state index contributed by atoms with van der Waals surface area (Å²) in [4.78, 5) is 8.05. The first-order valence-electron chi connectivity index (χ1n) is 5.63. The summed E-state index contributed by atoms with van der Waals surface area (Å²) in [6.45, 7) is 3.10. The minimum absolute atomic E-state index is 0.0617. The molecular formula is C13H15N3. The molecule has 2 heterocycles. The second-order valence-electron chi connectivity index (χ2n) is 4.49. The Morgan fingerprint density at radius 1 is 1.25 bits per heavy atom. The van der Waals surface area contributed by atoms with Crippen LogP contribution in [0.5, 0.6) is 0 Å². The van der Waals surface area contributed by atoms with Crippen molar-refractivity contribution in [2.75, 3.05) is 6.54 Å². The van der Waals surface area contributed by atoms with Crippen molar-refractivity contribution in [3.05, 3.63) is 42.2 Å². The minimum atomic E-state index is -0.0617. The first-order chi connectivity index (χ1) is 7.78. The zero-order valence-electron chi connectivity index (χ0n) is 9.33. The Bertz CT molecular complexity index is 508. The maximum absolute atomic E-state index is 4.66. The molecule has 3 heteroatoms. The predicted octanol–water partition coefficient (Wildman–Crippen LogP) is 2.33. The smallest absolute Gasteiger partial charge is 0.127 e. The molecule has 0 unspecified atom stereocenters. The summed E-state index contributed by atoms with van der Waals surface area (Å²) < 4.78 is 0. The molecule has 0 amide bonds. The number of aromatic nitrogens is 2. The van der Waals surface area contributed by atoms with Crippen LogP contribution in [-0.4, -0.2) is 16.5 Å². The van der Waals surface area contributed by atoms with E-state index in [0.717, 1.165) is 29.8 Å². The van der Waals surface area contributed by atoms with Crippen LogP contribution in [0.15, 0.2) is 36.4 Å². The van der Waals surface area contributed by atoms with E-state index in [1.165, 1.54) is 0 Å². The Kier molecular flexibility index (Phi) is 2.07. The summed E-state index contributed by atoms with van der Waals surface area (Å²) in [6.07, 6.45) is 5.35. The van der Waals surface area contributed by atoms with Crippen molar-refractivity contribution in [3.63, 3.8) is 0 Å². The lowest BCUT2D eigenvalue weighted by Crippen LogP contribution is -2.42. The lowest BCUT2D eigenvalue weighted by Gasteiger charge is -2.29. The number of nitrogens with one attached hydrogen (secondary N) is 2. The van der Waals surface area contributed by atoms with Crippen molar-refractivity contribution in [2.24, 2.45) is 0 Å². The van der Waals surface area contributed by atoms with Gasteiger partial charge in [-0.1, -0.05) is 24.3 Å². The van der Waals surface area contributed by atoms with Gasteiger partial charge in [0, 0.05) is 6.54 Å². The molecule has 1 aromatic heterocycles. The fraction of sp³-hybridized carbons (Fsp3) is 0.308. The quantitative estimate of drug-likeness (QED) is 0.714. The van der Waals surface area contributed by atoms with Crippen LogP contribution in [0.1, 0.15) is 19.2 Å². The number of nitrogens with zero attached hydrogens (tertiary/aromatic N) is 1. The summed E-state index contributed by atoms with van der Waals surface area (Å²) in [5, 5.41) is 3.49. The summed E-state index contributed by atoms with van der Waals surface area (Å²) in [5.41, 5.74) is 2.08. The molecule has 82 valence electrons. The van der Waals surface area contributed by atoms with E-state index in [2.05, 4.69) is 40.4 Å². The highest BCUT2D eigenvalue weighted by molar-refractivity contribution is 5.74. The van der Waals surface area contributed by atoms with Gasteiger partial charge in [0.1, 0.15) is 5.82 Å². The molecule has 2 N–H and O–H groups in total. The van der Waals surface area contributed by atoms with E-state index in [1.807, 2.05) is 18.2 Å². The van der Waals surface area contributed by atoms with Gasteiger partial charge in [0.15, 0.2) is 0 Å². The molecule has 0 fully saturated rings. The van der Waals surface area contributed by atoms with Gasteiger partial charge >= 0.3 is 0 Å². The third kappa shape index (κ3) is 1.44. The highest BCUT2D eigenvalue weighted by atomic mass is 15.1. The van der Waals surface area contributed by atoms with E-state index in [9.17, 15) is 0 Å². The van der Waals surface area contributed by atoms with E-state index in [-0.39, 0.29) is 5.54 Å². The number of hydrogen-bond acceptors (Lipinski definition) is 2. The zero-order chi connectivity index (χ0) is 11.0. The molecule has 0 radical (unpaired) electrons. The van der Waals surface area contributed by atoms with Crippen molar-refractivity contribution >= 4 is 11.0 Å². The van der Waals surface area contributed by atoms with Crippen LogP contribution in [0.2, 0.25) is 0 Å². The monoisotopic (exact) mass is 213 g/mol. The molecule has 0 saturated carbocycles. The van der Waals surface area contributed by atoms with E-state index in [0.29, 0.717) is 0 Å². The number of benzene rings is 1. The number of para-hydroxylation sites is 2. The maximum Gasteiger partial charge on any atom is 0.127 e. The standard InChI is InChI=1S/C13H15N3/c1-13(8-4-5-9-14-13)12-15-10-6-2-3-7-11(10)16-12/h2-7,14H,8-9H2,1H3,(H,15,16)/t13-/m1/s1. The van der Waals surface area contributed by atoms with E-state index in [1.54, 1.807) is 0 Å². The van der Waals surface area contributed by atoms with Gasteiger partial charge in [-0.05, 0) is 25.5 Å². The summed E-state index contributed by atoms with van der Waals surface area (Å²) >= 11 is 0. The second kappa shape index (κ2) is 3.46. The fourth-order valence-corrected chi connectivity index (χ4v) is 2.15. The number of aromatic amines is 1. The number of fused-ring (bicyclic) bond motifs is 1. The first kappa shape index (κ1) is 9.60. The zero-order valence-corrected chi connectivity index (χ0v) is 9.33. The Labute approximate surface area is 94.6 Å². The first-order valence-corrected chi connectivity index (χ1v) is 5.63. The summed E-state index contributed by atoms with van der Waals surface area (Å²) in [5.74, 6) is 1.03. The molecule has 16 heavy (non-hydrogen) atoms. The van der Waals surface area contributed by atoms with E-state index in [4.69, 9.17) is 0 Å². The number of rotatable bonds is 1. The normalized spacial score (nSPS) is 25.1. The third-order valence-corrected chi connectivity index (χ3v) is 3.21. The molecule has 0 aliphatic carbocycles. The largest absolute Gasteiger partial charge is 0.340 e. The average molecular weight is 213 g/mol. The van der Waals surface area contributed by atoms with Gasteiger partial charge in [-0.3, -0.25) is 0 Å². The van der Waals surface area contributed by atoms with Crippen molar-refractivity contribution in [1.82, 2.24) is 15.3 Å². The van der Waals surface area contributed by atoms with Gasteiger partial charge in [-0.25, -0.2) is 4.98 Å². The van der Waals surface area contributed by atoms with Crippen LogP contribution < -0.4 is 5.32 Å². The number of hydrogen-bond donors (Lipinski definition) is 2. The van der Waals surface area contributed by atoms with Crippen LogP contribution >= 0.6 is 0 Å². The maximum atomic E-state index is 4.66. The van der Waals surface area contributed by atoms with Gasteiger partial charge < -0.3 is 10.3 Å². The molecule has 1 aromatic carbocycles. The van der Waals surface area contributed by atoms with Crippen LogP contribution in [0.4, 0.5) is 0 Å². The molecule has 1 aliphatic rings. The molecule has 2 aromatic rings. The molecule has 1 aliphatic heterocycles. The van der Waals surface area contributed by atoms with Gasteiger partial charge in [-0.15, -0.1) is 0 Å². The van der Waals surface area contributed by atoms with Gasteiger partial charge in [0.25, 0.3) is 0 Å². The highest BCUT2D eigenvalue weighted by Gasteiger charge is 2.29. The van der Waals surface area contributed by atoms with Gasteiger partial charge in [0.2, 0.25) is 0 Å². The lowest BCUT2D eigenvalue weighted by atomic mass is 9.94. The third-order valence-electron chi connectivity index (χ3n) is 3.21. The van der Waals surface area contributed by atoms with Crippen molar-refractivity contribution < 1.29 is 0 Å². The average Bonchev–Trinajstić information content (AvgIpc) is 2.74. The predicted molar refractivity (Wildman–Crippen MR) is 65.2 cm³/mol. The lowest BCUT2D eigenvalue weighted by molar-refractivity contribution is 0.357. The molecule has 1 atom stereocenters. The fourth-order valence-electron chi connectivity index (χ4n) is 2.15. The Balaban J connectivity index is 2.08. The Morgan fingerprint density at radius 3 is 2.88 bits per heavy atom. The van der Waals surface area contributed by atoms with Crippen LogP contribution in [0.3, 0.4) is 0 Å². The summed E-state index contributed by atoms with van der Waals surface area (Å²) in [6, 6.07) is 8.15. The topological polar surface area (TPSA) is 40.7 Å². The SMILES string of the molecule is C[C@]1(c2nc3ccccc3[nH]2)CC=CCN1. The molecule has 0 spiro atoms. The van der Waals surface area contributed by atoms with Crippen LogP contribution in [0, 0.1) is 0 Å². The summed E-state index contributed by atoms with van der Waals surface area (Å²) in [7, 11) is 0. The molecule has 0 saturated heterocycles. The highest BCUT2D eigenvalue weighted by Crippen LogP contribution is 2.26. The molecular weight excluding hydrogens is 198 g/mol.